The van der Waals surface area contributed by atoms with E-state index in [1.165, 1.54) is 0 Å². The van der Waals surface area contributed by atoms with Gasteiger partial charge in [-0.25, -0.2) is 4.79 Å². The van der Waals surface area contributed by atoms with Gasteiger partial charge in [-0.05, 0) is 12.8 Å². The lowest BCUT2D eigenvalue weighted by molar-refractivity contribution is 0.209. The Morgan fingerprint density at radius 2 is 2.10 bits per heavy atom. The second-order valence-corrected chi connectivity index (χ2v) is 2.38. The summed E-state index contributed by atoms with van der Waals surface area (Å²) >= 11 is 0. The predicted molar refractivity (Wildman–Crippen MR) is 38.4 cm³/mol. The number of carbonyl (C=O) groups excluding carboxylic acids is 1. The number of hydrogen-bond acceptors (Lipinski definition) is 2. The predicted octanol–water partition coefficient (Wildman–Crippen LogP) is -0.292. The molecule has 3 N–H and O–H groups in total. The van der Waals surface area contributed by atoms with E-state index in [2.05, 4.69) is 5.32 Å². The van der Waals surface area contributed by atoms with Crippen molar-refractivity contribution in [3.8, 4) is 0 Å². The van der Waals surface area contributed by atoms with Gasteiger partial charge >= 0.3 is 6.03 Å². The number of urea groups is 1. The maximum absolute atomic E-state index is 11.0. The van der Waals surface area contributed by atoms with Gasteiger partial charge in [0.1, 0.15) is 0 Å². The summed E-state index contributed by atoms with van der Waals surface area (Å²) in [5.74, 6) is 0. The molecular formula is C6H13N3O. The normalized spacial score (nSPS) is 17.5. The van der Waals surface area contributed by atoms with Crippen molar-refractivity contribution >= 4 is 6.03 Å². The molecule has 0 bridgehead atoms. The molecule has 1 aliphatic heterocycles. The standard InChI is InChI=1S/C6H13N3O/c7-5-8-6(10)9-3-1-2-4-9/h1-5,7H2,(H,8,10). The summed E-state index contributed by atoms with van der Waals surface area (Å²) in [4.78, 5) is 12.8. The molecule has 0 aliphatic carbocycles. The Morgan fingerprint density at radius 3 is 2.60 bits per heavy atom. The summed E-state index contributed by atoms with van der Waals surface area (Å²) in [7, 11) is 0. The Hall–Kier alpha value is -0.770. The molecule has 4 nitrogen and oxygen atoms in total. The summed E-state index contributed by atoms with van der Waals surface area (Å²) < 4.78 is 0. The third-order valence-corrected chi connectivity index (χ3v) is 1.65. The number of carbonyl (C=O) groups is 1. The van der Waals surface area contributed by atoms with Gasteiger partial charge in [0.05, 0.1) is 6.67 Å². The lowest BCUT2D eigenvalue weighted by Gasteiger charge is -2.14. The zero-order chi connectivity index (χ0) is 7.40. The van der Waals surface area contributed by atoms with Crippen LogP contribution in [-0.2, 0) is 0 Å². The largest absolute Gasteiger partial charge is 0.326 e. The van der Waals surface area contributed by atoms with Gasteiger partial charge in [0.15, 0.2) is 0 Å². The zero-order valence-corrected chi connectivity index (χ0v) is 5.97. The van der Waals surface area contributed by atoms with Crippen LogP contribution in [0.15, 0.2) is 0 Å². The highest BCUT2D eigenvalue weighted by atomic mass is 16.2. The molecule has 4 heteroatoms. The maximum Gasteiger partial charge on any atom is 0.318 e. The van der Waals surface area contributed by atoms with E-state index in [0.29, 0.717) is 0 Å². The van der Waals surface area contributed by atoms with Gasteiger partial charge in [-0.1, -0.05) is 0 Å². The lowest BCUT2D eigenvalue weighted by atomic mass is 10.4. The maximum atomic E-state index is 11.0. The molecular weight excluding hydrogens is 130 g/mol. The minimum Gasteiger partial charge on any atom is -0.326 e. The number of nitrogens with zero attached hydrogens (tertiary/aromatic N) is 1. The molecule has 1 fully saturated rings. The van der Waals surface area contributed by atoms with Crippen LogP contribution >= 0.6 is 0 Å². The fraction of sp³-hybridized carbons (Fsp3) is 0.833. The summed E-state index contributed by atoms with van der Waals surface area (Å²) in [6, 6.07) is -0.0278. The molecule has 0 aromatic heterocycles. The molecule has 10 heavy (non-hydrogen) atoms. The van der Waals surface area contributed by atoms with Gasteiger partial charge in [-0.15, -0.1) is 0 Å². The molecule has 0 saturated carbocycles. The van der Waals surface area contributed by atoms with Gasteiger partial charge in [-0.3, -0.25) is 0 Å². The summed E-state index contributed by atoms with van der Waals surface area (Å²) in [5.41, 5.74) is 5.14. The number of hydrogen-bond donors (Lipinski definition) is 2. The number of nitrogens with two attached hydrogens (primary N) is 1. The van der Waals surface area contributed by atoms with E-state index in [0.717, 1.165) is 25.9 Å². The zero-order valence-electron chi connectivity index (χ0n) is 5.97. The van der Waals surface area contributed by atoms with Crippen molar-refractivity contribution < 1.29 is 4.79 Å². The minimum absolute atomic E-state index is 0.0278. The van der Waals surface area contributed by atoms with E-state index in [1.807, 2.05) is 0 Å². The average Bonchev–Trinajstić information content (AvgIpc) is 2.38. The van der Waals surface area contributed by atoms with E-state index in [9.17, 15) is 4.79 Å². The first-order valence-corrected chi connectivity index (χ1v) is 3.57. The second-order valence-electron chi connectivity index (χ2n) is 2.38. The average molecular weight is 143 g/mol. The van der Waals surface area contributed by atoms with E-state index >= 15 is 0 Å². The molecule has 2 amide bonds. The Morgan fingerprint density at radius 1 is 1.50 bits per heavy atom. The highest BCUT2D eigenvalue weighted by Crippen LogP contribution is 2.06. The van der Waals surface area contributed by atoms with Gasteiger partial charge in [0.2, 0.25) is 0 Å². The molecule has 1 rings (SSSR count). The molecule has 0 unspecified atom stereocenters. The number of likely N-dealkylation sites (tertiary alicyclic amines) is 1. The summed E-state index contributed by atoms with van der Waals surface area (Å²) in [6.45, 7) is 1.99. The molecule has 1 saturated heterocycles. The summed E-state index contributed by atoms with van der Waals surface area (Å²) in [5, 5.41) is 2.55. The van der Waals surface area contributed by atoms with E-state index in [-0.39, 0.29) is 12.7 Å². The van der Waals surface area contributed by atoms with Crippen molar-refractivity contribution in [3.63, 3.8) is 0 Å². The fourth-order valence-electron chi connectivity index (χ4n) is 1.12. The first-order chi connectivity index (χ1) is 4.84. The second kappa shape index (κ2) is 3.41. The Bertz CT molecular complexity index is 120. The van der Waals surface area contributed by atoms with Crippen LogP contribution < -0.4 is 11.1 Å². The first kappa shape index (κ1) is 7.34. The van der Waals surface area contributed by atoms with E-state index in [1.54, 1.807) is 4.90 Å². The molecule has 1 heterocycles. The smallest absolute Gasteiger partial charge is 0.318 e. The van der Waals surface area contributed by atoms with Crippen molar-refractivity contribution in [1.82, 2.24) is 10.2 Å². The van der Waals surface area contributed by atoms with Crippen molar-refractivity contribution in [3.05, 3.63) is 0 Å². The molecule has 0 aromatic carbocycles. The fourth-order valence-corrected chi connectivity index (χ4v) is 1.12. The molecule has 58 valence electrons. The quantitative estimate of drug-likeness (QED) is 0.495. The van der Waals surface area contributed by atoms with Gasteiger partial charge in [-0.2, -0.15) is 0 Å². The molecule has 1 aliphatic rings. The number of nitrogens with one attached hydrogen (secondary N) is 1. The van der Waals surface area contributed by atoms with Crippen molar-refractivity contribution in [2.75, 3.05) is 19.8 Å². The third kappa shape index (κ3) is 1.60. The van der Waals surface area contributed by atoms with Crippen molar-refractivity contribution in [2.24, 2.45) is 5.73 Å². The molecule has 0 aromatic rings. The Labute approximate surface area is 60.4 Å². The van der Waals surface area contributed by atoms with Crippen LogP contribution in [0.5, 0.6) is 0 Å². The third-order valence-electron chi connectivity index (χ3n) is 1.65. The van der Waals surface area contributed by atoms with Crippen molar-refractivity contribution in [1.29, 1.82) is 0 Å². The van der Waals surface area contributed by atoms with Crippen LogP contribution in [0.2, 0.25) is 0 Å². The van der Waals surface area contributed by atoms with Gasteiger partial charge in [0, 0.05) is 13.1 Å². The van der Waals surface area contributed by atoms with Gasteiger partial charge in [0.25, 0.3) is 0 Å². The number of amides is 2. The summed E-state index contributed by atoms with van der Waals surface area (Å²) in [6.07, 6.45) is 2.25. The Kier molecular flexibility index (Phi) is 2.50. The number of rotatable bonds is 1. The van der Waals surface area contributed by atoms with Crippen LogP contribution in [0.3, 0.4) is 0 Å². The van der Waals surface area contributed by atoms with E-state index < -0.39 is 0 Å². The van der Waals surface area contributed by atoms with Gasteiger partial charge < -0.3 is 16.0 Å². The van der Waals surface area contributed by atoms with E-state index in [4.69, 9.17) is 5.73 Å². The monoisotopic (exact) mass is 143 g/mol. The van der Waals surface area contributed by atoms with Crippen LogP contribution in [0, 0.1) is 0 Å². The van der Waals surface area contributed by atoms with Crippen LogP contribution in [0.1, 0.15) is 12.8 Å². The van der Waals surface area contributed by atoms with Crippen molar-refractivity contribution in [2.45, 2.75) is 12.8 Å². The van der Waals surface area contributed by atoms with Crippen LogP contribution in [0.25, 0.3) is 0 Å². The van der Waals surface area contributed by atoms with Crippen LogP contribution in [-0.4, -0.2) is 30.7 Å². The molecule has 0 spiro atoms. The first-order valence-electron chi connectivity index (χ1n) is 3.57. The Balaban J connectivity index is 2.25. The lowest BCUT2D eigenvalue weighted by Crippen LogP contribution is -2.40. The SMILES string of the molecule is NCNC(=O)N1CCCC1. The highest BCUT2D eigenvalue weighted by Gasteiger charge is 2.16. The molecule has 0 radical (unpaired) electrons. The minimum atomic E-state index is -0.0278. The van der Waals surface area contributed by atoms with Crippen LogP contribution in [0.4, 0.5) is 4.79 Å². The highest BCUT2D eigenvalue weighted by molar-refractivity contribution is 5.74. The topological polar surface area (TPSA) is 58.4 Å². The molecule has 0 atom stereocenters.